The van der Waals surface area contributed by atoms with E-state index in [0.29, 0.717) is 20.8 Å². The van der Waals surface area contributed by atoms with E-state index in [9.17, 15) is 19.2 Å². The molecule has 0 radical (unpaired) electrons. The number of esters is 2. The standard InChI is InChI=1S/C25H20ClN3O6S/c1-13-19-22(27-12-29(23(19)31)11-14-6-4-5-7-18(14)26)36-20(13)21(30)28-17-9-15(24(32)34-2)8-16(10-17)25(33)35-3/h4-10,12H,11H2,1-3H3,(H,28,30). The Kier molecular flexibility index (Phi) is 7.18. The Balaban J connectivity index is 1.69. The predicted octanol–water partition coefficient (Wildman–Crippen LogP) is 4.29. The first-order valence-electron chi connectivity index (χ1n) is 10.6. The third kappa shape index (κ3) is 4.86. The predicted molar refractivity (Wildman–Crippen MR) is 136 cm³/mol. The van der Waals surface area contributed by atoms with Gasteiger partial charge in [-0.25, -0.2) is 14.6 Å². The lowest BCUT2D eigenvalue weighted by Crippen LogP contribution is -2.21. The zero-order valence-electron chi connectivity index (χ0n) is 19.5. The second-order valence-electron chi connectivity index (χ2n) is 7.74. The summed E-state index contributed by atoms with van der Waals surface area (Å²) in [5.74, 6) is -1.89. The van der Waals surface area contributed by atoms with Crippen molar-refractivity contribution < 1.29 is 23.9 Å². The molecular formula is C25H20ClN3O6S. The van der Waals surface area contributed by atoms with Gasteiger partial charge in [0.25, 0.3) is 11.5 Å². The van der Waals surface area contributed by atoms with Gasteiger partial charge in [-0.3, -0.25) is 14.2 Å². The lowest BCUT2D eigenvalue weighted by Gasteiger charge is -2.09. The van der Waals surface area contributed by atoms with Crippen molar-refractivity contribution in [1.29, 1.82) is 0 Å². The molecule has 0 fully saturated rings. The van der Waals surface area contributed by atoms with E-state index in [1.54, 1.807) is 19.1 Å². The van der Waals surface area contributed by atoms with Gasteiger partial charge in [0.05, 0.1) is 48.5 Å². The zero-order chi connectivity index (χ0) is 26.0. The molecule has 36 heavy (non-hydrogen) atoms. The van der Waals surface area contributed by atoms with E-state index in [-0.39, 0.29) is 33.8 Å². The number of thiophene rings is 1. The first-order chi connectivity index (χ1) is 17.2. The van der Waals surface area contributed by atoms with E-state index in [2.05, 4.69) is 10.3 Å². The van der Waals surface area contributed by atoms with Crippen LogP contribution in [0.1, 0.15) is 41.5 Å². The number of benzene rings is 2. The number of carbonyl (C=O) groups is 3. The molecular weight excluding hydrogens is 506 g/mol. The Bertz CT molecular complexity index is 1540. The summed E-state index contributed by atoms with van der Waals surface area (Å²) >= 11 is 7.30. The number of amides is 1. The smallest absolute Gasteiger partial charge is 0.337 e. The first kappa shape index (κ1) is 25.1. The van der Waals surface area contributed by atoms with Gasteiger partial charge in [0.2, 0.25) is 0 Å². The molecule has 0 saturated carbocycles. The van der Waals surface area contributed by atoms with Crippen LogP contribution in [0.2, 0.25) is 5.02 Å². The molecule has 4 aromatic rings. The Morgan fingerprint density at radius 1 is 1.06 bits per heavy atom. The quantitative estimate of drug-likeness (QED) is 0.373. The van der Waals surface area contributed by atoms with E-state index in [1.165, 1.54) is 43.3 Å². The number of aromatic nitrogens is 2. The van der Waals surface area contributed by atoms with Crippen LogP contribution in [0.3, 0.4) is 0 Å². The van der Waals surface area contributed by atoms with Crippen LogP contribution < -0.4 is 10.9 Å². The highest BCUT2D eigenvalue weighted by Gasteiger charge is 2.21. The third-order valence-corrected chi connectivity index (χ3v) is 7.02. The van der Waals surface area contributed by atoms with Crippen molar-refractivity contribution in [2.24, 2.45) is 0 Å². The van der Waals surface area contributed by atoms with Crippen LogP contribution in [0, 0.1) is 6.92 Å². The molecule has 0 atom stereocenters. The highest BCUT2D eigenvalue weighted by Crippen LogP contribution is 2.28. The maximum absolute atomic E-state index is 13.2. The minimum atomic E-state index is -0.683. The molecule has 0 aliphatic rings. The number of carbonyl (C=O) groups excluding carboxylic acids is 3. The molecule has 0 aliphatic carbocycles. The number of anilines is 1. The van der Waals surface area contributed by atoms with Crippen LogP contribution in [0.5, 0.6) is 0 Å². The van der Waals surface area contributed by atoms with Gasteiger partial charge in [0.1, 0.15) is 4.83 Å². The van der Waals surface area contributed by atoms with Crippen LogP contribution >= 0.6 is 22.9 Å². The van der Waals surface area contributed by atoms with Crippen molar-refractivity contribution in [3.05, 3.63) is 91.3 Å². The van der Waals surface area contributed by atoms with Gasteiger partial charge in [0, 0.05) is 10.7 Å². The van der Waals surface area contributed by atoms with Gasteiger partial charge in [-0.15, -0.1) is 11.3 Å². The van der Waals surface area contributed by atoms with E-state index >= 15 is 0 Å². The largest absolute Gasteiger partial charge is 0.465 e. The maximum Gasteiger partial charge on any atom is 0.337 e. The number of rotatable bonds is 6. The lowest BCUT2D eigenvalue weighted by molar-refractivity contribution is 0.0599. The average molecular weight is 526 g/mol. The monoisotopic (exact) mass is 525 g/mol. The fourth-order valence-corrected chi connectivity index (χ4v) is 4.89. The topological polar surface area (TPSA) is 117 Å². The fourth-order valence-electron chi connectivity index (χ4n) is 3.66. The Morgan fingerprint density at radius 2 is 1.69 bits per heavy atom. The molecule has 2 heterocycles. The van der Waals surface area contributed by atoms with E-state index < -0.39 is 17.8 Å². The van der Waals surface area contributed by atoms with Crippen LogP contribution in [-0.4, -0.2) is 41.6 Å². The lowest BCUT2D eigenvalue weighted by atomic mass is 10.1. The van der Waals surface area contributed by atoms with E-state index in [1.807, 2.05) is 12.1 Å². The molecule has 1 N–H and O–H groups in total. The Morgan fingerprint density at radius 3 is 2.31 bits per heavy atom. The van der Waals surface area contributed by atoms with E-state index in [0.717, 1.165) is 16.9 Å². The molecule has 11 heteroatoms. The van der Waals surface area contributed by atoms with Crippen molar-refractivity contribution in [2.45, 2.75) is 13.5 Å². The van der Waals surface area contributed by atoms with Crippen molar-refractivity contribution in [3.63, 3.8) is 0 Å². The van der Waals surface area contributed by atoms with Gasteiger partial charge in [0.15, 0.2) is 0 Å². The summed E-state index contributed by atoms with van der Waals surface area (Å²) in [5, 5.41) is 3.55. The van der Waals surface area contributed by atoms with E-state index in [4.69, 9.17) is 21.1 Å². The van der Waals surface area contributed by atoms with Crippen LogP contribution in [0.25, 0.3) is 10.2 Å². The van der Waals surface area contributed by atoms with Crippen LogP contribution in [0.4, 0.5) is 5.69 Å². The number of hydrogen-bond acceptors (Lipinski definition) is 8. The first-order valence-corrected chi connectivity index (χ1v) is 11.8. The van der Waals surface area contributed by atoms with Gasteiger partial charge in [-0.1, -0.05) is 29.8 Å². The highest BCUT2D eigenvalue weighted by molar-refractivity contribution is 7.20. The van der Waals surface area contributed by atoms with Crippen molar-refractivity contribution in [3.8, 4) is 0 Å². The summed E-state index contributed by atoms with van der Waals surface area (Å²) in [6, 6.07) is 11.3. The van der Waals surface area contributed by atoms with Crippen LogP contribution in [-0.2, 0) is 16.0 Å². The van der Waals surface area contributed by atoms with Gasteiger partial charge >= 0.3 is 11.9 Å². The van der Waals surface area contributed by atoms with Gasteiger partial charge in [-0.05, 0) is 42.3 Å². The number of nitrogens with one attached hydrogen (secondary N) is 1. The molecule has 0 bridgehead atoms. The third-order valence-electron chi connectivity index (χ3n) is 5.46. The SMILES string of the molecule is COC(=O)c1cc(NC(=O)c2sc3ncn(Cc4ccccc4Cl)c(=O)c3c2C)cc(C(=O)OC)c1. The number of methoxy groups -OCH3 is 2. The molecule has 0 unspecified atom stereocenters. The fraction of sp³-hybridized carbons (Fsp3) is 0.160. The summed E-state index contributed by atoms with van der Waals surface area (Å²) in [4.78, 5) is 55.5. The summed E-state index contributed by atoms with van der Waals surface area (Å²) in [5.41, 5.74) is 1.24. The highest BCUT2D eigenvalue weighted by atomic mass is 35.5. The summed E-state index contributed by atoms with van der Waals surface area (Å²) < 4.78 is 10.9. The molecule has 1 amide bonds. The number of hydrogen-bond donors (Lipinski definition) is 1. The van der Waals surface area contributed by atoms with Gasteiger partial charge < -0.3 is 14.8 Å². The molecule has 0 aliphatic heterocycles. The minimum Gasteiger partial charge on any atom is -0.465 e. The van der Waals surface area contributed by atoms with Crippen molar-refractivity contribution >= 4 is 56.7 Å². The Labute approximate surface area is 214 Å². The van der Waals surface area contributed by atoms with Crippen LogP contribution in [0.15, 0.2) is 53.6 Å². The van der Waals surface area contributed by atoms with Crippen molar-refractivity contribution in [1.82, 2.24) is 9.55 Å². The normalized spacial score (nSPS) is 10.8. The Hall–Kier alpha value is -4.02. The minimum absolute atomic E-state index is 0.0629. The van der Waals surface area contributed by atoms with Crippen molar-refractivity contribution in [2.75, 3.05) is 19.5 Å². The molecule has 184 valence electrons. The number of nitrogens with zero attached hydrogens (tertiary/aromatic N) is 2. The molecule has 9 nitrogen and oxygen atoms in total. The molecule has 2 aromatic heterocycles. The number of ether oxygens (including phenoxy) is 2. The summed E-state index contributed by atoms with van der Waals surface area (Å²) in [7, 11) is 2.41. The number of aryl methyl sites for hydroxylation is 1. The van der Waals surface area contributed by atoms with Gasteiger partial charge in [-0.2, -0.15) is 0 Å². The average Bonchev–Trinajstić information content (AvgIpc) is 3.22. The number of fused-ring (bicyclic) bond motifs is 1. The zero-order valence-corrected chi connectivity index (χ0v) is 21.0. The summed E-state index contributed by atoms with van der Waals surface area (Å²) in [6.45, 7) is 1.90. The second kappa shape index (κ2) is 10.3. The molecule has 4 rings (SSSR count). The maximum atomic E-state index is 13.2. The molecule has 0 saturated heterocycles. The summed E-state index contributed by atoms with van der Waals surface area (Å²) in [6.07, 6.45) is 1.42. The molecule has 2 aromatic carbocycles. The second-order valence-corrected chi connectivity index (χ2v) is 9.15. The number of halogens is 1. The molecule has 0 spiro atoms.